The van der Waals surface area contributed by atoms with Gasteiger partial charge in [-0.15, -0.1) is 0 Å². The van der Waals surface area contributed by atoms with Crippen molar-refractivity contribution in [2.75, 3.05) is 0 Å². The zero-order valence-electron chi connectivity index (χ0n) is 16.0. The molecule has 2 aromatic carbocycles. The van der Waals surface area contributed by atoms with Crippen molar-refractivity contribution in [1.82, 2.24) is 4.90 Å². The van der Waals surface area contributed by atoms with E-state index in [1.807, 2.05) is 73.4 Å². The molecule has 3 rings (SSSR count). The summed E-state index contributed by atoms with van der Waals surface area (Å²) in [4.78, 5) is 15.0. The first-order valence-electron chi connectivity index (χ1n) is 9.10. The van der Waals surface area contributed by atoms with Gasteiger partial charge in [-0.25, -0.2) is 0 Å². The minimum atomic E-state index is -0.652. The van der Waals surface area contributed by atoms with Crippen LogP contribution >= 0.6 is 0 Å². The van der Waals surface area contributed by atoms with Gasteiger partial charge >= 0.3 is 0 Å². The molecule has 3 heteroatoms. The van der Waals surface area contributed by atoms with Gasteiger partial charge < -0.3 is 9.64 Å². The lowest BCUT2D eigenvalue weighted by molar-refractivity contribution is -0.144. The SMILES string of the molecule is CC1(C)OC(C)(C)N(C(=O)/C=C/c2ccccc2)[C@H]1Cc1ccccc1. The monoisotopic (exact) mass is 349 g/mol. The third-order valence-electron chi connectivity index (χ3n) is 4.93. The topological polar surface area (TPSA) is 29.5 Å². The van der Waals surface area contributed by atoms with Gasteiger partial charge in [0.05, 0.1) is 11.6 Å². The summed E-state index contributed by atoms with van der Waals surface area (Å²) < 4.78 is 6.28. The molecule has 1 aliphatic heterocycles. The number of carbonyl (C=O) groups is 1. The number of hydrogen-bond acceptors (Lipinski definition) is 2. The maximum Gasteiger partial charge on any atom is 0.249 e. The van der Waals surface area contributed by atoms with Crippen LogP contribution in [-0.2, 0) is 16.0 Å². The zero-order chi connectivity index (χ0) is 18.8. The van der Waals surface area contributed by atoms with Crippen LogP contribution in [-0.4, -0.2) is 28.2 Å². The maximum absolute atomic E-state index is 13.1. The van der Waals surface area contributed by atoms with E-state index >= 15 is 0 Å². The van der Waals surface area contributed by atoms with Gasteiger partial charge in [-0.1, -0.05) is 60.7 Å². The zero-order valence-corrected chi connectivity index (χ0v) is 16.0. The molecule has 0 unspecified atom stereocenters. The van der Waals surface area contributed by atoms with Crippen molar-refractivity contribution in [2.24, 2.45) is 0 Å². The van der Waals surface area contributed by atoms with E-state index in [0.29, 0.717) is 0 Å². The molecule has 0 bridgehead atoms. The van der Waals surface area contributed by atoms with Gasteiger partial charge in [0, 0.05) is 6.08 Å². The molecule has 2 aromatic rings. The van der Waals surface area contributed by atoms with Crippen molar-refractivity contribution >= 4 is 12.0 Å². The van der Waals surface area contributed by atoms with Crippen molar-refractivity contribution in [3.8, 4) is 0 Å². The van der Waals surface area contributed by atoms with E-state index in [4.69, 9.17) is 4.74 Å². The fourth-order valence-corrected chi connectivity index (χ4v) is 3.85. The lowest BCUT2D eigenvalue weighted by Gasteiger charge is -2.33. The van der Waals surface area contributed by atoms with Crippen molar-refractivity contribution < 1.29 is 9.53 Å². The second-order valence-corrected chi connectivity index (χ2v) is 7.81. The van der Waals surface area contributed by atoms with E-state index in [0.717, 1.165) is 12.0 Å². The molecule has 26 heavy (non-hydrogen) atoms. The molecule has 1 heterocycles. The number of ether oxygens (including phenoxy) is 1. The van der Waals surface area contributed by atoms with Crippen molar-refractivity contribution in [2.45, 2.75) is 51.5 Å². The third kappa shape index (κ3) is 3.88. The van der Waals surface area contributed by atoms with Crippen LogP contribution < -0.4 is 0 Å². The number of nitrogens with zero attached hydrogens (tertiary/aromatic N) is 1. The van der Waals surface area contributed by atoms with Crippen LogP contribution in [0.3, 0.4) is 0 Å². The van der Waals surface area contributed by atoms with Crippen LogP contribution in [0.2, 0.25) is 0 Å². The summed E-state index contributed by atoms with van der Waals surface area (Å²) in [5.41, 5.74) is 1.14. The highest BCUT2D eigenvalue weighted by atomic mass is 16.6. The molecule has 136 valence electrons. The van der Waals surface area contributed by atoms with E-state index in [-0.39, 0.29) is 11.9 Å². The van der Waals surface area contributed by atoms with Gasteiger partial charge in [0.1, 0.15) is 5.72 Å². The standard InChI is InChI=1S/C23H27NO2/c1-22(2)20(17-19-13-9-6-10-14-19)24(23(3,4)26-22)21(25)16-15-18-11-7-5-8-12-18/h5-16,20H,17H2,1-4H3/b16-15+/t20-/m0/s1. The van der Waals surface area contributed by atoms with Crippen molar-refractivity contribution in [1.29, 1.82) is 0 Å². The minimum Gasteiger partial charge on any atom is -0.348 e. The van der Waals surface area contributed by atoms with Crippen LogP contribution in [0.4, 0.5) is 0 Å². The number of carbonyl (C=O) groups excluding carboxylic acids is 1. The van der Waals surface area contributed by atoms with E-state index in [9.17, 15) is 4.79 Å². The first kappa shape index (κ1) is 18.4. The summed E-state index contributed by atoms with van der Waals surface area (Å²) in [5, 5.41) is 0. The largest absolute Gasteiger partial charge is 0.348 e. The Hall–Kier alpha value is -2.39. The Morgan fingerprint density at radius 2 is 1.58 bits per heavy atom. The second-order valence-electron chi connectivity index (χ2n) is 7.81. The van der Waals surface area contributed by atoms with Gasteiger partial charge in [0.2, 0.25) is 5.91 Å². The number of amides is 1. The Morgan fingerprint density at radius 1 is 1.00 bits per heavy atom. The van der Waals surface area contributed by atoms with Crippen LogP contribution in [0.5, 0.6) is 0 Å². The molecule has 0 saturated carbocycles. The first-order chi connectivity index (χ1) is 12.3. The predicted octanol–water partition coefficient (Wildman–Crippen LogP) is 4.68. The number of hydrogen-bond donors (Lipinski definition) is 0. The Labute approximate surface area is 156 Å². The average molecular weight is 349 g/mol. The Morgan fingerprint density at radius 3 is 2.19 bits per heavy atom. The fourth-order valence-electron chi connectivity index (χ4n) is 3.85. The normalized spacial score (nSPS) is 21.2. The second kappa shape index (κ2) is 7.08. The summed E-state index contributed by atoms with van der Waals surface area (Å²) in [7, 11) is 0. The highest BCUT2D eigenvalue weighted by Crippen LogP contribution is 2.40. The van der Waals surface area contributed by atoms with Crippen LogP contribution in [0.25, 0.3) is 6.08 Å². The minimum absolute atomic E-state index is 0.0228. The Balaban J connectivity index is 1.87. The van der Waals surface area contributed by atoms with E-state index in [1.54, 1.807) is 6.08 Å². The quantitative estimate of drug-likeness (QED) is 0.750. The molecule has 1 fully saturated rings. The Bertz CT molecular complexity index is 778. The van der Waals surface area contributed by atoms with E-state index < -0.39 is 11.3 Å². The smallest absolute Gasteiger partial charge is 0.249 e. The van der Waals surface area contributed by atoms with E-state index in [1.165, 1.54) is 5.56 Å². The van der Waals surface area contributed by atoms with Gasteiger partial charge in [-0.3, -0.25) is 4.79 Å². The average Bonchev–Trinajstić information content (AvgIpc) is 2.78. The van der Waals surface area contributed by atoms with Crippen LogP contribution in [0.1, 0.15) is 38.8 Å². The third-order valence-corrected chi connectivity index (χ3v) is 4.93. The first-order valence-corrected chi connectivity index (χ1v) is 9.10. The van der Waals surface area contributed by atoms with Crippen LogP contribution in [0, 0.1) is 0 Å². The molecular weight excluding hydrogens is 322 g/mol. The van der Waals surface area contributed by atoms with Gasteiger partial charge in [-0.05, 0) is 51.3 Å². The van der Waals surface area contributed by atoms with Crippen molar-refractivity contribution in [3.63, 3.8) is 0 Å². The van der Waals surface area contributed by atoms with Crippen LogP contribution in [0.15, 0.2) is 66.7 Å². The molecule has 0 radical (unpaired) electrons. The predicted molar refractivity (Wildman–Crippen MR) is 105 cm³/mol. The summed E-state index contributed by atoms with van der Waals surface area (Å²) in [6, 6.07) is 20.1. The summed E-state index contributed by atoms with van der Waals surface area (Å²) in [5.74, 6) is -0.0228. The van der Waals surface area contributed by atoms with Gasteiger partial charge in [0.15, 0.2) is 0 Å². The fraction of sp³-hybridized carbons (Fsp3) is 0.348. The molecule has 0 spiro atoms. The maximum atomic E-state index is 13.1. The molecular formula is C23H27NO2. The molecule has 3 nitrogen and oxygen atoms in total. The summed E-state index contributed by atoms with van der Waals surface area (Å²) >= 11 is 0. The molecule has 1 saturated heterocycles. The van der Waals surface area contributed by atoms with E-state index in [2.05, 4.69) is 26.0 Å². The van der Waals surface area contributed by atoms with Gasteiger partial charge in [0.25, 0.3) is 0 Å². The number of rotatable bonds is 4. The molecule has 1 aliphatic rings. The molecule has 1 amide bonds. The molecule has 0 aliphatic carbocycles. The summed E-state index contributed by atoms with van der Waals surface area (Å²) in [6.45, 7) is 8.06. The lowest BCUT2D eigenvalue weighted by Crippen LogP contribution is -2.49. The molecule has 0 aromatic heterocycles. The van der Waals surface area contributed by atoms with Gasteiger partial charge in [-0.2, -0.15) is 0 Å². The highest BCUT2D eigenvalue weighted by molar-refractivity contribution is 5.92. The molecule has 1 atom stereocenters. The molecule has 0 N–H and O–H groups in total. The highest BCUT2D eigenvalue weighted by Gasteiger charge is 2.53. The lowest BCUT2D eigenvalue weighted by atomic mass is 9.91. The summed E-state index contributed by atoms with van der Waals surface area (Å²) in [6.07, 6.45) is 4.28. The number of benzene rings is 2. The Kier molecular flexibility index (Phi) is 5.01. The van der Waals surface area contributed by atoms with Crippen molar-refractivity contribution in [3.05, 3.63) is 77.9 Å².